The molecule has 31 heavy (non-hydrogen) atoms. The third-order valence-electron chi connectivity index (χ3n) is 10.6. The molecule has 0 spiro atoms. The van der Waals surface area contributed by atoms with Gasteiger partial charge in [0, 0.05) is 11.4 Å². The molecule has 4 aliphatic rings. The van der Waals surface area contributed by atoms with Crippen molar-refractivity contribution >= 4 is 0 Å². The van der Waals surface area contributed by atoms with Crippen molar-refractivity contribution in [1.29, 1.82) is 0 Å². The molecule has 3 heteroatoms. The van der Waals surface area contributed by atoms with E-state index in [0.717, 1.165) is 54.5 Å². The van der Waals surface area contributed by atoms with E-state index in [4.69, 9.17) is 0 Å². The Morgan fingerprint density at radius 1 is 1.10 bits per heavy atom. The molecule has 1 aromatic rings. The number of hydrogen-bond acceptors (Lipinski definition) is 3. The zero-order valence-electron chi connectivity index (χ0n) is 20.1. The molecule has 5 rings (SSSR count). The Labute approximate surface area is 189 Å². The van der Waals surface area contributed by atoms with Crippen molar-refractivity contribution in [2.24, 2.45) is 40.4 Å². The van der Waals surface area contributed by atoms with Crippen molar-refractivity contribution in [3.63, 3.8) is 0 Å². The van der Waals surface area contributed by atoms with Crippen molar-refractivity contribution in [1.82, 2.24) is 9.97 Å². The molecule has 1 unspecified atom stereocenters. The fourth-order valence-electron chi connectivity index (χ4n) is 8.84. The van der Waals surface area contributed by atoms with Crippen molar-refractivity contribution in [3.05, 3.63) is 35.4 Å². The van der Waals surface area contributed by atoms with Gasteiger partial charge < -0.3 is 5.11 Å². The molecule has 3 nitrogen and oxygen atoms in total. The third kappa shape index (κ3) is 3.59. The van der Waals surface area contributed by atoms with Crippen molar-refractivity contribution < 1.29 is 5.11 Å². The second-order valence-electron chi connectivity index (χ2n) is 12.1. The van der Waals surface area contributed by atoms with Crippen LogP contribution in [0.4, 0.5) is 0 Å². The van der Waals surface area contributed by atoms with Gasteiger partial charge in [0.1, 0.15) is 6.33 Å². The lowest BCUT2D eigenvalue weighted by molar-refractivity contribution is -0.0571. The monoisotopic (exact) mass is 422 g/mol. The van der Waals surface area contributed by atoms with Crippen LogP contribution in [0.5, 0.6) is 0 Å². The van der Waals surface area contributed by atoms with E-state index >= 15 is 0 Å². The van der Waals surface area contributed by atoms with E-state index in [1.54, 1.807) is 11.9 Å². The number of rotatable bonds is 4. The summed E-state index contributed by atoms with van der Waals surface area (Å²) in [5.74, 6) is 4.21. The van der Waals surface area contributed by atoms with Crippen molar-refractivity contribution in [2.45, 2.75) is 98.0 Å². The minimum atomic E-state index is -0.0971. The fourth-order valence-corrected chi connectivity index (χ4v) is 8.84. The molecule has 3 saturated carbocycles. The number of allylic oxidation sites excluding steroid dienone is 1. The zero-order valence-corrected chi connectivity index (χ0v) is 20.1. The smallest absolute Gasteiger partial charge is 0.115 e. The first-order chi connectivity index (χ1) is 14.8. The summed E-state index contributed by atoms with van der Waals surface area (Å²) in [5, 5.41) is 10.2. The van der Waals surface area contributed by atoms with Gasteiger partial charge in [0.05, 0.1) is 6.10 Å². The highest BCUT2D eigenvalue weighted by Gasteiger charge is 2.59. The van der Waals surface area contributed by atoms with E-state index in [-0.39, 0.29) is 6.10 Å². The van der Waals surface area contributed by atoms with E-state index < -0.39 is 0 Å². The first kappa shape index (κ1) is 21.6. The molecule has 0 saturated heterocycles. The maximum absolute atomic E-state index is 10.2. The Bertz CT molecular complexity index is 849. The number of aryl methyl sites for hydroxylation is 2. The van der Waals surface area contributed by atoms with Gasteiger partial charge in [0.2, 0.25) is 0 Å². The van der Waals surface area contributed by atoms with Gasteiger partial charge >= 0.3 is 0 Å². The number of aliphatic hydroxyl groups excluding tert-OH is 1. The lowest BCUT2D eigenvalue weighted by Crippen LogP contribution is -2.50. The van der Waals surface area contributed by atoms with E-state index in [2.05, 4.69) is 49.8 Å². The number of hydrogen-bond donors (Lipinski definition) is 1. The number of fused-ring (bicyclic) bond motifs is 5. The van der Waals surface area contributed by atoms with Gasteiger partial charge in [0.15, 0.2) is 0 Å². The summed E-state index contributed by atoms with van der Waals surface area (Å²) in [6.07, 6.45) is 16.6. The predicted octanol–water partition coefficient (Wildman–Crippen LogP) is 6.29. The van der Waals surface area contributed by atoms with Crippen molar-refractivity contribution in [3.8, 4) is 0 Å². The standard InChI is InChI=1S/C28H42N2O/c1-18(5-7-21-15-19(2)29-17-30-21)24-9-10-25-23-8-6-20-16-22(31)11-13-27(20,3)26(23)12-14-28(24,25)4/h6,15,17-18,22-26,31H,5,7-14,16H2,1-4H3/t18?,22-,23-,24+,25-,26-,27-,28+/m0/s1. The quantitative estimate of drug-likeness (QED) is 0.580. The van der Waals surface area contributed by atoms with Crippen molar-refractivity contribution in [2.75, 3.05) is 0 Å². The highest BCUT2D eigenvalue weighted by molar-refractivity contribution is 5.25. The molecule has 170 valence electrons. The predicted molar refractivity (Wildman–Crippen MR) is 125 cm³/mol. The largest absolute Gasteiger partial charge is 0.393 e. The molecular formula is C28H42N2O. The molecular weight excluding hydrogens is 380 g/mol. The molecule has 8 atom stereocenters. The lowest BCUT2D eigenvalue weighted by atomic mass is 9.47. The average Bonchev–Trinajstić information content (AvgIpc) is 3.10. The molecule has 0 aliphatic heterocycles. The van der Waals surface area contributed by atoms with Crippen LogP contribution >= 0.6 is 0 Å². The summed E-state index contributed by atoms with van der Waals surface area (Å²) in [4.78, 5) is 8.76. The Hall–Kier alpha value is -1.22. The van der Waals surface area contributed by atoms with E-state index in [0.29, 0.717) is 10.8 Å². The Balaban J connectivity index is 1.31. The highest BCUT2D eigenvalue weighted by Crippen LogP contribution is 2.67. The molecule has 0 amide bonds. The maximum atomic E-state index is 10.2. The number of nitrogens with zero attached hydrogens (tertiary/aromatic N) is 2. The maximum Gasteiger partial charge on any atom is 0.115 e. The van der Waals surface area contributed by atoms with Crippen LogP contribution in [0.3, 0.4) is 0 Å². The zero-order chi connectivity index (χ0) is 21.8. The Kier molecular flexibility index (Phi) is 5.56. The van der Waals surface area contributed by atoms with Gasteiger partial charge in [-0.1, -0.05) is 32.4 Å². The second kappa shape index (κ2) is 7.97. The van der Waals surface area contributed by atoms with Gasteiger partial charge in [-0.05, 0) is 118 Å². The minimum Gasteiger partial charge on any atom is -0.393 e. The van der Waals surface area contributed by atoms with Crippen LogP contribution in [0.15, 0.2) is 24.0 Å². The second-order valence-corrected chi connectivity index (χ2v) is 12.1. The summed E-state index contributed by atoms with van der Waals surface area (Å²) in [6, 6.07) is 2.16. The highest BCUT2D eigenvalue weighted by atomic mass is 16.3. The molecule has 1 aromatic heterocycles. The summed E-state index contributed by atoms with van der Waals surface area (Å²) in [7, 11) is 0. The van der Waals surface area contributed by atoms with Crippen LogP contribution in [0.2, 0.25) is 0 Å². The van der Waals surface area contributed by atoms with Gasteiger partial charge in [-0.2, -0.15) is 0 Å². The Morgan fingerprint density at radius 3 is 2.74 bits per heavy atom. The van der Waals surface area contributed by atoms with E-state index in [1.807, 2.05) is 0 Å². The molecule has 1 N–H and O–H groups in total. The number of aliphatic hydroxyl groups is 1. The molecule has 1 heterocycles. The molecule has 3 fully saturated rings. The van der Waals surface area contributed by atoms with Crippen LogP contribution in [-0.4, -0.2) is 21.2 Å². The van der Waals surface area contributed by atoms with Gasteiger partial charge in [-0.3, -0.25) is 0 Å². The molecule has 4 aliphatic carbocycles. The van der Waals surface area contributed by atoms with Crippen LogP contribution in [0, 0.1) is 47.3 Å². The van der Waals surface area contributed by atoms with Crippen LogP contribution < -0.4 is 0 Å². The molecule has 0 bridgehead atoms. The number of aromatic nitrogens is 2. The first-order valence-electron chi connectivity index (χ1n) is 13.0. The summed E-state index contributed by atoms with van der Waals surface area (Å²) >= 11 is 0. The van der Waals surface area contributed by atoms with Gasteiger partial charge in [-0.25, -0.2) is 9.97 Å². The summed E-state index contributed by atoms with van der Waals surface area (Å²) in [5.41, 5.74) is 4.76. The van der Waals surface area contributed by atoms with E-state index in [1.165, 1.54) is 50.6 Å². The topological polar surface area (TPSA) is 46.0 Å². The van der Waals surface area contributed by atoms with Gasteiger partial charge in [-0.15, -0.1) is 0 Å². The SMILES string of the molecule is Cc1cc(CCC(C)[C@H]2CC[C@H]3[C@@H]4CC=C5C[C@@H](O)CC[C@]5(C)[C@H]4CC[C@]23C)ncn1. The van der Waals surface area contributed by atoms with Crippen LogP contribution in [0.25, 0.3) is 0 Å². The molecule has 0 aromatic carbocycles. The lowest BCUT2D eigenvalue weighted by Gasteiger charge is -2.58. The minimum absolute atomic E-state index is 0.0971. The Morgan fingerprint density at radius 2 is 1.94 bits per heavy atom. The normalized spacial score (nSPS) is 42.9. The van der Waals surface area contributed by atoms with E-state index in [9.17, 15) is 5.11 Å². The van der Waals surface area contributed by atoms with Crippen LogP contribution in [0.1, 0.15) is 89.9 Å². The summed E-state index contributed by atoms with van der Waals surface area (Å²) < 4.78 is 0. The third-order valence-corrected chi connectivity index (χ3v) is 10.6. The average molecular weight is 423 g/mol. The van der Waals surface area contributed by atoms with Gasteiger partial charge in [0.25, 0.3) is 0 Å². The fraction of sp³-hybridized carbons (Fsp3) is 0.786. The summed E-state index contributed by atoms with van der Waals surface area (Å²) in [6.45, 7) is 9.78. The first-order valence-corrected chi connectivity index (χ1v) is 13.0. The molecule has 0 radical (unpaired) electrons. The van der Waals surface area contributed by atoms with Crippen LogP contribution in [-0.2, 0) is 6.42 Å².